The summed E-state index contributed by atoms with van der Waals surface area (Å²) in [7, 11) is 0. The summed E-state index contributed by atoms with van der Waals surface area (Å²) < 4.78 is 5.42. The lowest BCUT2D eigenvalue weighted by molar-refractivity contribution is -0.384. The molecule has 12 heteroatoms. The molecule has 4 aromatic carbocycles. The number of para-hydroxylation sites is 2. The maximum atomic E-state index is 12.9. The van der Waals surface area contributed by atoms with E-state index in [1.165, 1.54) is 60.8 Å². The van der Waals surface area contributed by atoms with Crippen LogP contribution in [0.2, 0.25) is 10.0 Å². The highest BCUT2D eigenvalue weighted by atomic mass is 35.5. The fourth-order valence-corrected chi connectivity index (χ4v) is 3.93. The van der Waals surface area contributed by atoms with Crippen LogP contribution in [0.1, 0.15) is 36.6 Å². The van der Waals surface area contributed by atoms with Crippen molar-refractivity contribution >= 4 is 58.6 Å². The highest BCUT2D eigenvalue weighted by Crippen LogP contribution is 2.24. The van der Waals surface area contributed by atoms with E-state index >= 15 is 0 Å². The smallest absolute Gasteiger partial charge is 0.343 e. The van der Waals surface area contributed by atoms with Crippen molar-refractivity contribution in [1.29, 1.82) is 0 Å². The number of esters is 1. The highest BCUT2D eigenvalue weighted by molar-refractivity contribution is 6.37. The summed E-state index contributed by atoms with van der Waals surface area (Å²) in [5.74, 6) is -1.73. The summed E-state index contributed by atoms with van der Waals surface area (Å²) in [6.45, 7) is 0. The normalized spacial score (nSPS) is 10.7. The second-order valence-corrected chi connectivity index (χ2v) is 8.90. The number of benzene rings is 4. The largest absolute Gasteiger partial charge is 0.422 e. The Kier molecular flexibility index (Phi) is 8.85. The van der Waals surface area contributed by atoms with E-state index in [1.807, 2.05) is 0 Å². The summed E-state index contributed by atoms with van der Waals surface area (Å²) in [6.07, 6.45) is 1.28. The topological polar surface area (TPSA) is 140 Å². The lowest BCUT2D eigenvalue weighted by atomic mass is 10.1. The molecule has 0 radical (unpaired) electrons. The first-order valence-electron chi connectivity index (χ1n) is 11.5. The number of hydrogen-bond acceptors (Lipinski definition) is 7. The zero-order valence-corrected chi connectivity index (χ0v) is 21.8. The molecular formula is C28H18Cl2N4O6. The number of rotatable bonds is 8. The van der Waals surface area contributed by atoms with Gasteiger partial charge in [0.25, 0.3) is 17.5 Å². The molecule has 4 aromatic rings. The van der Waals surface area contributed by atoms with Gasteiger partial charge in [0.1, 0.15) is 5.75 Å². The average molecular weight is 577 g/mol. The molecule has 0 aliphatic heterocycles. The summed E-state index contributed by atoms with van der Waals surface area (Å²) >= 11 is 12.0. The molecule has 0 atom stereocenters. The van der Waals surface area contributed by atoms with Gasteiger partial charge in [-0.2, -0.15) is 5.10 Å². The Bertz CT molecular complexity index is 1640. The predicted molar refractivity (Wildman–Crippen MR) is 150 cm³/mol. The Morgan fingerprint density at radius 3 is 2.27 bits per heavy atom. The number of ether oxygens (including phenoxy) is 1. The molecule has 0 aliphatic carbocycles. The van der Waals surface area contributed by atoms with E-state index in [0.29, 0.717) is 10.6 Å². The average Bonchev–Trinajstić information content (AvgIpc) is 2.94. The van der Waals surface area contributed by atoms with Crippen molar-refractivity contribution in [2.24, 2.45) is 5.10 Å². The number of nitrogens with zero attached hydrogens (tertiary/aromatic N) is 2. The first kappa shape index (κ1) is 28.0. The molecule has 4 rings (SSSR count). The first-order valence-corrected chi connectivity index (χ1v) is 12.2. The zero-order chi connectivity index (χ0) is 28.6. The lowest BCUT2D eigenvalue weighted by Crippen LogP contribution is -2.21. The van der Waals surface area contributed by atoms with E-state index in [1.54, 1.807) is 36.4 Å². The Labute approximate surface area is 237 Å². The van der Waals surface area contributed by atoms with Crippen LogP contribution in [0.4, 0.5) is 11.4 Å². The number of amides is 2. The third-order valence-electron chi connectivity index (χ3n) is 5.40. The summed E-state index contributed by atoms with van der Waals surface area (Å²) in [5.41, 5.74) is 3.25. The van der Waals surface area contributed by atoms with Crippen LogP contribution in [0.3, 0.4) is 0 Å². The van der Waals surface area contributed by atoms with Gasteiger partial charge in [0.15, 0.2) is 0 Å². The molecule has 0 saturated heterocycles. The molecule has 0 aliphatic rings. The molecule has 40 heavy (non-hydrogen) atoms. The standard InChI is InChI=1S/C28H18Cl2N4O6/c29-19-11-14-21(23(30)15-19)26(35)32-24-7-3-2-6-22(24)27(36)33-31-16-18-5-1-4-8-25(18)40-28(37)17-9-12-20(13-10-17)34(38)39/h1-16H,(H,32,35)(H,33,36)/b31-16-. The molecule has 0 fully saturated rings. The summed E-state index contributed by atoms with van der Waals surface area (Å²) in [5, 5.41) is 18.0. The minimum absolute atomic E-state index is 0.115. The van der Waals surface area contributed by atoms with Gasteiger partial charge in [-0.15, -0.1) is 0 Å². The first-order chi connectivity index (χ1) is 19.2. The van der Waals surface area contributed by atoms with Crippen LogP contribution in [-0.2, 0) is 0 Å². The number of nitro benzene ring substituents is 1. The number of nitrogens with one attached hydrogen (secondary N) is 2. The minimum Gasteiger partial charge on any atom is -0.422 e. The van der Waals surface area contributed by atoms with Crippen LogP contribution >= 0.6 is 23.2 Å². The molecular weight excluding hydrogens is 559 g/mol. The van der Waals surface area contributed by atoms with Crippen molar-refractivity contribution in [3.63, 3.8) is 0 Å². The molecule has 200 valence electrons. The molecule has 0 saturated carbocycles. The van der Waals surface area contributed by atoms with Gasteiger partial charge in [0.05, 0.1) is 38.5 Å². The van der Waals surface area contributed by atoms with Crippen molar-refractivity contribution < 1.29 is 24.0 Å². The van der Waals surface area contributed by atoms with Gasteiger partial charge >= 0.3 is 5.97 Å². The third-order valence-corrected chi connectivity index (χ3v) is 5.95. The number of non-ortho nitro benzene ring substituents is 1. The van der Waals surface area contributed by atoms with E-state index in [-0.39, 0.29) is 38.8 Å². The third kappa shape index (κ3) is 6.87. The maximum absolute atomic E-state index is 12.9. The van der Waals surface area contributed by atoms with Gasteiger partial charge in [-0.25, -0.2) is 10.2 Å². The fraction of sp³-hybridized carbons (Fsp3) is 0. The maximum Gasteiger partial charge on any atom is 0.343 e. The predicted octanol–water partition coefficient (Wildman–Crippen LogP) is 6.14. The van der Waals surface area contributed by atoms with Crippen LogP contribution in [0.15, 0.2) is 96.1 Å². The molecule has 0 unspecified atom stereocenters. The van der Waals surface area contributed by atoms with E-state index in [2.05, 4.69) is 15.8 Å². The highest BCUT2D eigenvalue weighted by Gasteiger charge is 2.17. The number of hydrazone groups is 1. The fourth-order valence-electron chi connectivity index (χ4n) is 3.43. The zero-order valence-electron chi connectivity index (χ0n) is 20.3. The monoisotopic (exact) mass is 576 g/mol. The Hall–Kier alpha value is -5.06. The second-order valence-electron chi connectivity index (χ2n) is 8.05. The van der Waals surface area contributed by atoms with Gasteiger partial charge in [-0.3, -0.25) is 19.7 Å². The van der Waals surface area contributed by atoms with E-state index in [4.69, 9.17) is 27.9 Å². The number of anilines is 1. The van der Waals surface area contributed by atoms with E-state index in [0.717, 1.165) is 0 Å². The van der Waals surface area contributed by atoms with Crippen LogP contribution < -0.4 is 15.5 Å². The number of halogens is 2. The van der Waals surface area contributed by atoms with E-state index in [9.17, 15) is 24.5 Å². The van der Waals surface area contributed by atoms with Gasteiger partial charge in [-0.05, 0) is 54.6 Å². The summed E-state index contributed by atoms with van der Waals surface area (Å²) in [6, 6.07) is 22.2. The van der Waals surface area contributed by atoms with Crippen molar-refractivity contribution in [2.45, 2.75) is 0 Å². The minimum atomic E-state index is -0.731. The Morgan fingerprint density at radius 2 is 1.55 bits per heavy atom. The quantitative estimate of drug-likeness (QED) is 0.0848. The molecule has 0 spiro atoms. The Balaban J connectivity index is 1.44. The van der Waals surface area contributed by atoms with Gasteiger partial charge in [0, 0.05) is 22.7 Å². The number of hydrogen-bond donors (Lipinski definition) is 2. The van der Waals surface area contributed by atoms with Gasteiger partial charge in [-0.1, -0.05) is 47.5 Å². The molecule has 2 amide bonds. The molecule has 0 aromatic heterocycles. The molecule has 10 nitrogen and oxygen atoms in total. The van der Waals surface area contributed by atoms with Crippen molar-refractivity contribution in [1.82, 2.24) is 5.43 Å². The SMILES string of the molecule is O=C(Oc1ccccc1/C=N\NC(=O)c1ccccc1NC(=O)c1ccc(Cl)cc1Cl)c1ccc([N+](=O)[O-])cc1. The molecule has 0 heterocycles. The second kappa shape index (κ2) is 12.7. The Morgan fingerprint density at radius 1 is 0.850 bits per heavy atom. The number of nitro groups is 1. The summed E-state index contributed by atoms with van der Waals surface area (Å²) in [4.78, 5) is 48.4. The van der Waals surface area contributed by atoms with Gasteiger partial charge in [0.2, 0.25) is 0 Å². The molecule has 0 bridgehead atoms. The van der Waals surface area contributed by atoms with E-state index < -0.39 is 22.7 Å². The van der Waals surface area contributed by atoms with Crippen LogP contribution in [-0.4, -0.2) is 28.9 Å². The van der Waals surface area contributed by atoms with Crippen LogP contribution in [0, 0.1) is 10.1 Å². The number of carbonyl (C=O) groups excluding carboxylic acids is 3. The van der Waals surface area contributed by atoms with Crippen molar-refractivity contribution in [2.75, 3.05) is 5.32 Å². The van der Waals surface area contributed by atoms with Crippen molar-refractivity contribution in [3.05, 3.63) is 133 Å². The van der Waals surface area contributed by atoms with Crippen LogP contribution in [0.5, 0.6) is 5.75 Å². The van der Waals surface area contributed by atoms with Crippen molar-refractivity contribution in [3.8, 4) is 5.75 Å². The lowest BCUT2D eigenvalue weighted by Gasteiger charge is -2.11. The molecule has 2 N–H and O–H groups in total. The van der Waals surface area contributed by atoms with Crippen LogP contribution in [0.25, 0.3) is 0 Å². The number of carbonyl (C=O) groups is 3. The van der Waals surface area contributed by atoms with Gasteiger partial charge < -0.3 is 10.1 Å².